The Balaban J connectivity index is 1.60. The van der Waals surface area contributed by atoms with E-state index in [0.717, 1.165) is 17.6 Å². The Kier molecular flexibility index (Phi) is 5.92. The number of hydrogen-bond donors (Lipinski definition) is 2. The summed E-state index contributed by atoms with van der Waals surface area (Å²) in [6.07, 6.45) is 1.72. The van der Waals surface area contributed by atoms with Gasteiger partial charge in [-0.05, 0) is 56.6 Å². The number of hydrogen-bond acceptors (Lipinski definition) is 7. The van der Waals surface area contributed by atoms with Crippen molar-refractivity contribution in [1.82, 2.24) is 0 Å². The molecule has 1 fully saturated rings. The standard InChI is InChI=1S/C22H30O7/c1-11(2)8-14-12(3)17(23)13(9-22(14,4)5)6-7-16-27-10-15(28-16)20-18(24)19(25)21(26)29-20/h8,13,15-16,20,24-25H,6-7,9-10H2,1-5H3/t13?,15-,16?,20+/m0/s1. The molecule has 2 unspecified atom stereocenters. The van der Waals surface area contributed by atoms with E-state index in [9.17, 15) is 19.8 Å². The highest BCUT2D eigenvalue weighted by molar-refractivity contribution is 5.99. The molecule has 0 aromatic heterocycles. The largest absolute Gasteiger partial charge is 0.505 e. The van der Waals surface area contributed by atoms with E-state index in [1.807, 2.05) is 20.8 Å². The van der Waals surface area contributed by atoms with E-state index in [4.69, 9.17) is 14.2 Å². The lowest BCUT2D eigenvalue weighted by molar-refractivity contribution is -0.149. The number of esters is 1. The zero-order valence-corrected chi connectivity index (χ0v) is 17.7. The molecule has 29 heavy (non-hydrogen) atoms. The van der Waals surface area contributed by atoms with Gasteiger partial charge in [0.2, 0.25) is 5.76 Å². The van der Waals surface area contributed by atoms with Gasteiger partial charge in [-0.1, -0.05) is 25.5 Å². The third-order valence-corrected chi connectivity index (χ3v) is 5.86. The number of ketones is 1. The molecular weight excluding hydrogens is 376 g/mol. The Morgan fingerprint density at radius 3 is 2.48 bits per heavy atom. The summed E-state index contributed by atoms with van der Waals surface area (Å²) in [6, 6.07) is 0. The Bertz CT molecular complexity index is 798. The van der Waals surface area contributed by atoms with E-state index in [0.29, 0.717) is 12.8 Å². The van der Waals surface area contributed by atoms with Crippen LogP contribution in [0.3, 0.4) is 0 Å². The maximum atomic E-state index is 12.9. The van der Waals surface area contributed by atoms with Crippen LogP contribution in [0.2, 0.25) is 0 Å². The van der Waals surface area contributed by atoms with Gasteiger partial charge in [0.25, 0.3) is 0 Å². The Hall–Kier alpha value is -2.12. The van der Waals surface area contributed by atoms with Crippen molar-refractivity contribution in [1.29, 1.82) is 0 Å². The van der Waals surface area contributed by atoms with Crippen molar-refractivity contribution in [2.24, 2.45) is 11.3 Å². The van der Waals surface area contributed by atoms with Crippen molar-refractivity contribution in [2.75, 3.05) is 6.61 Å². The van der Waals surface area contributed by atoms with E-state index in [1.54, 1.807) is 0 Å². The van der Waals surface area contributed by atoms with Crippen LogP contribution in [0, 0.1) is 11.3 Å². The van der Waals surface area contributed by atoms with Crippen molar-refractivity contribution in [2.45, 2.75) is 72.4 Å². The molecule has 160 valence electrons. The second kappa shape index (κ2) is 7.95. The lowest BCUT2D eigenvalue weighted by atomic mass is 9.66. The molecule has 0 spiro atoms. The molecule has 1 aliphatic carbocycles. The third kappa shape index (κ3) is 4.26. The molecule has 7 heteroatoms. The molecule has 0 aromatic rings. The minimum atomic E-state index is -1.06. The molecule has 3 rings (SSSR count). The number of carbonyl (C=O) groups is 2. The molecule has 2 aliphatic heterocycles. The molecule has 0 amide bonds. The van der Waals surface area contributed by atoms with Crippen LogP contribution < -0.4 is 0 Å². The predicted molar refractivity (Wildman–Crippen MR) is 105 cm³/mol. The summed E-state index contributed by atoms with van der Waals surface area (Å²) in [4.78, 5) is 24.3. The molecule has 2 heterocycles. The summed E-state index contributed by atoms with van der Waals surface area (Å²) in [5.74, 6) is -2.22. The van der Waals surface area contributed by atoms with Crippen molar-refractivity contribution in [3.63, 3.8) is 0 Å². The molecule has 3 aliphatic rings. The van der Waals surface area contributed by atoms with E-state index < -0.39 is 36.0 Å². The van der Waals surface area contributed by atoms with Crippen LogP contribution in [0.15, 0.2) is 34.3 Å². The molecule has 1 saturated heterocycles. The minimum absolute atomic E-state index is 0.0913. The summed E-state index contributed by atoms with van der Waals surface area (Å²) < 4.78 is 16.3. The smallest absolute Gasteiger partial charge is 0.377 e. The molecular formula is C22H30O7. The number of aliphatic hydroxyl groups excluding tert-OH is 2. The maximum Gasteiger partial charge on any atom is 0.377 e. The molecule has 0 saturated carbocycles. The molecule has 7 nitrogen and oxygen atoms in total. The fourth-order valence-corrected chi connectivity index (χ4v) is 4.43. The summed E-state index contributed by atoms with van der Waals surface area (Å²) in [5, 5.41) is 19.2. The van der Waals surface area contributed by atoms with E-state index in [-0.39, 0.29) is 23.7 Å². The monoisotopic (exact) mass is 406 g/mol. The number of cyclic esters (lactones) is 1. The van der Waals surface area contributed by atoms with Gasteiger partial charge in [0.1, 0.15) is 6.10 Å². The quantitative estimate of drug-likeness (QED) is 0.672. The fourth-order valence-electron chi connectivity index (χ4n) is 4.43. The van der Waals surface area contributed by atoms with Gasteiger partial charge >= 0.3 is 5.97 Å². The zero-order valence-electron chi connectivity index (χ0n) is 17.7. The second-order valence-corrected chi connectivity index (χ2v) is 8.98. The normalized spacial score (nSPS) is 32.0. The third-order valence-electron chi connectivity index (χ3n) is 5.86. The van der Waals surface area contributed by atoms with Gasteiger partial charge < -0.3 is 24.4 Å². The maximum absolute atomic E-state index is 12.9. The van der Waals surface area contributed by atoms with Crippen molar-refractivity contribution in [3.8, 4) is 0 Å². The number of rotatable bonds is 5. The SMILES string of the molecule is CC(C)=CC1=C(C)C(=O)C(CCC2OC[C@@H]([C@H]3OC(=O)C(O)=C3O)O2)CC1(C)C. The van der Waals surface area contributed by atoms with Gasteiger partial charge in [-0.3, -0.25) is 4.79 Å². The van der Waals surface area contributed by atoms with Crippen LogP contribution in [0.1, 0.15) is 53.9 Å². The predicted octanol–water partition coefficient (Wildman–Crippen LogP) is 3.66. The van der Waals surface area contributed by atoms with Gasteiger partial charge in [-0.2, -0.15) is 0 Å². The summed E-state index contributed by atoms with van der Waals surface area (Å²) in [7, 11) is 0. The highest BCUT2D eigenvalue weighted by Gasteiger charge is 2.45. The van der Waals surface area contributed by atoms with Crippen LogP contribution in [-0.2, 0) is 23.8 Å². The first-order chi connectivity index (χ1) is 13.5. The molecule has 2 N–H and O–H groups in total. The van der Waals surface area contributed by atoms with Crippen molar-refractivity contribution < 1.29 is 34.0 Å². The number of carbonyl (C=O) groups excluding carboxylic acids is 2. The van der Waals surface area contributed by atoms with E-state index in [2.05, 4.69) is 19.9 Å². The number of Topliss-reactive ketones (excluding diaryl/α,β-unsaturated/α-hetero) is 1. The second-order valence-electron chi connectivity index (χ2n) is 8.98. The van der Waals surface area contributed by atoms with Gasteiger partial charge in [-0.25, -0.2) is 4.79 Å². The summed E-state index contributed by atoms with van der Waals surface area (Å²) in [6.45, 7) is 10.4. The van der Waals surface area contributed by atoms with Crippen LogP contribution in [0.25, 0.3) is 0 Å². The highest BCUT2D eigenvalue weighted by atomic mass is 16.7. The first-order valence-electron chi connectivity index (χ1n) is 10.0. The zero-order chi connectivity index (χ0) is 21.5. The first kappa shape index (κ1) is 21.6. The van der Waals surface area contributed by atoms with Gasteiger partial charge in [0, 0.05) is 5.92 Å². The topological polar surface area (TPSA) is 102 Å². The molecule has 4 atom stereocenters. The van der Waals surface area contributed by atoms with Crippen LogP contribution in [-0.4, -0.2) is 47.1 Å². The van der Waals surface area contributed by atoms with Gasteiger partial charge in [0.05, 0.1) is 6.61 Å². The molecule has 0 bridgehead atoms. The van der Waals surface area contributed by atoms with Gasteiger partial charge in [0.15, 0.2) is 23.9 Å². The van der Waals surface area contributed by atoms with Crippen molar-refractivity contribution in [3.05, 3.63) is 34.3 Å². The Morgan fingerprint density at radius 1 is 1.21 bits per heavy atom. The minimum Gasteiger partial charge on any atom is -0.505 e. The first-order valence-corrected chi connectivity index (χ1v) is 10.0. The van der Waals surface area contributed by atoms with E-state index >= 15 is 0 Å². The molecule has 0 radical (unpaired) electrons. The average Bonchev–Trinajstić information content (AvgIpc) is 3.21. The molecule has 0 aromatic carbocycles. The van der Waals surface area contributed by atoms with Gasteiger partial charge in [-0.15, -0.1) is 0 Å². The average molecular weight is 406 g/mol. The number of allylic oxidation sites excluding steroid dienone is 4. The fraction of sp³-hybridized carbons (Fsp3) is 0.636. The number of aliphatic hydroxyl groups is 2. The van der Waals surface area contributed by atoms with Crippen LogP contribution >= 0.6 is 0 Å². The van der Waals surface area contributed by atoms with Crippen molar-refractivity contribution >= 4 is 11.8 Å². The lowest BCUT2D eigenvalue weighted by Gasteiger charge is -2.37. The Morgan fingerprint density at radius 2 is 1.90 bits per heavy atom. The van der Waals surface area contributed by atoms with Crippen LogP contribution in [0.5, 0.6) is 0 Å². The summed E-state index contributed by atoms with van der Waals surface area (Å²) >= 11 is 0. The van der Waals surface area contributed by atoms with Crippen LogP contribution in [0.4, 0.5) is 0 Å². The van der Waals surface area contributed by atoms with E-state index in [1.165, 1.54) is 5.57 Å². The number of ether oxygens (including phenoxy) is 3. The highest BCUT2D eigenvalue weighted by Crippen LogP contribution is 2.44. The lowest BCUT2D eigenvalue weighted by Crippen LogP contribution is -2.33. The summed E-state index contributed by atoms with van der Waals surface area (Å²) in [5.41, 5.74) is 3.01. The Labute approximate surface area is 171 Å².